The highest BCUT2D eigenvalue weighted by atomic mass is 31.3. The Balaban J connectivity index is 2.19. The number of aliphatic hydroxyl groups is 2. The minimum Gasteiger partial charge on any atom is -0.386 e. The molecule has 0 aromatic carbocycles. The number of nitrogens with zero attached hydrogens (tertiary/aromatic N) is 1. The Hall–Kier alpha value is -1.47. The van der Waals surface area contributed by atoms with Crippen LogP contribution >= 0.6 is 23.5 Å². The smallest absolute Gasteiger partial charge is 0.386 e. The van der Waals surface area contributed by atoms with Crippen LogP contribution in [-0.2, 0) is 31.6 Å². The molecule has 17 nitrogen and oxygen atoms in total. The third kappa shape index (κ3) is 6.28. The van der Waals surface area contributed by atoms with Crippen LogP contribution in [0.3, 0.4) is 0 Å². The molecule has 0 spiro atoms. The molecule has 0 aliphatic carbocycles. The van der Waals surface area contributed by atoms with Crippen LogP contribution in [0.15, 0.2) is 21.9 Å². The lowest BCUT2D eigenvalue weighted by Crippen LogP contribution is -2.48. The maximum absolute atomic E-state index is 11.9. The second-order valence-corrected chi connectivity index (χ2v) is 10.3. The highest BCUT2D eigenvalue weighted by Gasteiger charge is 2.56. The molecule has 1 aromatic heterocycles. The molecule has 0 amide bonds. The van der Waals surface area contributed by atoms with Crippen LogP contribution in [-0.4, -0.2) is 63.8 Å². The van der Waals surface area contributed by atoms with Crippen LogP contribution in [0.1, 0.15) is 6.23 Å². The number of nitrogens with one attached hydrogen (secondary N) is 1. The van der Waals surface area contributed by atoms with Gasteiger partial charge in [-0.1, -0.05) is 5.92 Å². The van der Waals surface area contributed by atoms with E-state index in [0.29, 0.717) is 4.57 Å². The van der Waals surface area contributed by atoms with E-state index < -0.39 is 65.4 Å². The highest BCUT2D eigenvalue weighted by molar-refractivity contribution is 7.66. The van der Waals surface area contributed by atoms with Crippen molar-refractivity contribution < 1.29 is 61.4 Å². The molecule has 20 heteroatoms. The van der Waals surface area contributed by atoms with Gasteiger partial charge >= 0.3 is 29.2 Å². The third-order valence-corrected chi connectivity index (χ3v) is 7.44. The number of terminal acetylenes is 1. The van der Waals surface area contributed by atoms with Gasteiger partial charge in [-0.2, -0.15) is 8.62 Å². The van der Waals surface area contributed by atoms with E-state index in [9.17, 15) is 38.4 Å². The maximum atomic E-state index is 11.9. The second-order valence-electron chi connectivity index (χ2n) is 5.85. The van der Waals surface area contributed by atoms with Gasteiger partial charge in [-0.25, -0.2) is 18.5 Å². The van der Waals surface area contributed by atoms with Gasteiger partial charge in [0.1, 0.15) is 12.2 Å². The van der Waals surface area contributed by atoms with E-state index in [0.717, 1.165) is 12.3 Å². The zero-order valence-corrected chi connectivity index (χ0v) is 17.5. The fourth-order valence-electron chi connectivity index (χ4n) is 2.42. The molecule has 0 saturated carbocycles. The molecule has 2 rings (SSSR count). The molecule has 2 unspecified atom stereocenters. The number of rotatable bonds is 8. The van der Waals surface area contributed by atoms with Crippen molar-refractivity contribution in [1.29, 1.82) is 0 Å². The molecule has 0 radical (unpaired) electrons. The average molecular weight is 508 g/mol. The van der Waals surface area contributed by atoms with E-state index in [2.05, 4.69) is 13.1 Å². The Morgan fingerprint density at radius 2 is 1.81 bits per heavy atom. The minimum atomic E-state index is -5.78. The van der Waals surface area contributed by atoms with Gasteiger partial charge in [-0.05, 0) is 0 Å². The molecule has 31 heavy (non-hydrogen) atoms. The van der Waals surface area contributed by atoms with E-state index in [1.165, 1.54) is 0 Å². The van der Waals surface area contributed by atoms with Gasteiger partial charge in [0.05, 0.1) is 6.61 Å². The van der Waals surface area contributed by atoms with Gasteiger partial charge in [0, 0.05) is 12.3 Å². The molecule has 2 heterocycles. The summed E-state index contributed by atoms with van der Waals surface area (Å²) in [6.07, 6.45) is 0.460. The molecule has 1 aromatic rings. The van der Waals surface area contributed by atoms with Crippen LogP contribution in [0, 0.1) is 12.3 Å². The quantitative estimate of drug-likeness (QED) is 0.141. The molecule has 7 N–H and O–H groups in total. The summed E-state index contributed by atoms with van der Waals surface area (Å²) in [6, 6.07) is 0.869. The molecule has 1 fully saturated rings. The van der Waals surface area contributed by atoms with Crippen molar-refractivity contribution in [2.24, 2.45) is 0 Å². The summed E-state index contributed by atoms with van der Waals surface area (Å²) < 4.78 is 50.8. The minimum absolute atomic E-state index is 0.606. The zero-order chi connectivity index (χ0) is 23.8. The van der Waals surface area contributed by atoms with Gasteiger partial charge in [0.25, 0.3) is 5.56 Å². The Kier molecular flexibility index (Phi) is 7.33. The summed E-state index contributed by atoms with van der Waals surface area (Å²) in [5.41, 5.74) is -4.49. The first-order chi connectivity index (χ1) is 14.0. The van der Waals surface area contributed by atoms with Crippen molar-refractivity contribution >= 4 is 23.5 Å². The van der Waals surface area contributed by atoms with Crippen LogP contribution < -0.4 is 11.2 Å². The Labute approximate surface area is 171 Å². The van der Waals surface area contributed by atoms with E-state index in [-0.39, 0.29) is 0 Å². The van der Waals surface area contributed by atoms with Gasteiger partial charge in [0.2, 0.25) is 0 Å². The Bertz CT molecular complexity index is 1130. The summed E-state index contributed by atoms with van der Waals surface area (Å²) in [5.74, 6) is 1.79. The predicted octanol–water partition coefficient (Wildman–Crippen LogP) is -2.50. The van der Waals surface area contributed by atoms with E-state index in [1.807, 2.05) is 4.98 Å². The number of phosphoric ester groups is 1. The van der Waals surface area contributed by atoms with E-state index >= 15 is 0 Å². The number of phosphoric acid groups is 3. The van der Waals surface area contributed by atoms with Crippen molar-refractivity contribution in [1.82, 2.24) is 9.55 Å². The Morgan fingerprint density at radius 3 is 2.32 bits per heavy atom. The van der Waals surface area contributed by atoms with E-state index in [4.69, 9.17) is 25.8 Å². The Morgan fingerprint density at radius 1 is 1.19 bits per heavy atom. The molecule has 6 atom stereocenters. The van der Waals surface area contributed by atoms with E-state index in [1.54, 1.807) is 5.92 Å². The number of hydrogen-bond donors (Lipinski definition) is 7. The first-order valence-electron chi connectivity index (χ1n) is 7.63. The predicted molar refractivity (Wildman–Crippen MR) is 94.8 cm³/mol. The van der Waals surface area contributed by atoms with Crippen molar-refractivity contribution in [3.05, 3.63) is 33.1 Å². The summed E-state index contributed by atoms with van der Waals surface area (Å²) >= 11 is 0. The zero-order valence-electron chi connectivity index (χ0n) is 14.8. The summed E-state index contributed by atoms with van der Waals surface area (Å²) in [5, 5.41) is 20.8. The first kappa shape index (κ1) is 25.8. The van der Waals surface area contributed by atoms with Crippen LogP contribution in [0.5, 0.6) is 0 Å². The molecule has 0 bridgehead atoms. The largest absolute Gasteiger partial charge is 0.490 e. The van der Waals surface area contributed by atoms with Crippen molar-refractivity contribution in [2.45, 2.75) is 24.0 Å². The summed E-state index contributed by atoms with van der Waals surface area (Å²) in [7, 11) is -16.9. The van der Waals surface area contributed by atoms with Gasteiger partial charge in [0.15, 0.2) is 11.8 Å². The van der Waals surface area contributed by atoms with Crippen molar-refractivity contribution in [2.75, 3.05) is 6.61 Å². The number of hydrogen-bond acceptors (Lipinski definition) is 11. The number of H-pyrrole nitrogens is 1. The number of ether oxygens (including phenoxy) is 1. The summed E-state index contributed by atoms with van der Waals surface area (Å²) in [6.45, 7) is -1.15. The molecule has 1 saturated heterocycles. The second kappa shape index (κ2) is 8.81. The lowest BCUT2D eigenvalue weighted by atomic mass is 9.95. The normalized spacial score (nSPS) is 30.3. The van der Waals surface area contributed by atoms with Gasteiger partial charge in [-0.3, -0.25) is 18.9 Å². The van der Waals surface area contributed by atoms with Crippen LogP contribution in [0.2, 0.25) is 0 Å². The van der Waals surface area contributed by atoms with Gasteiger partial charge < -0.3 is 34.5 Å². The van der Waals surface area contributed by atoms with Crippen molar-refractivity contribution in [3.8, 4) is 12.3 Å². The first-order valence-corrected chi connectivity index (χ1v) is 12.2. The van der Waals surface area contributed by atoms with Crippen molar-refractivity contribution in [3.63, 3.8) is 0 Å². The monoisotopic (exact) mass is 508 g/mol. The third-order valence-electron chi connectivity index (χ3n) is 3.64. The van der Waals surface area contributed by atoms with Crippen LogP contribution in [0.25, 0.3) is 0 Å². The summed E-state index contributed by atoms with van der Waals surface area (Å²) in [4.78, 5) is 60.4. The fraction of sp³-hybridized carbons (Fsp3) is 0.455. The molecule has 174 valence electrons. The number of aromatic nitrogens is 2. The standard InChI is InChI=1S/C11H15N2O15P3/c1-2-11(17)8(15)6(26-9(11)13-4-3-7(14)12-10(13)16)5-25-30(21,22)28-31(23,24)27-29(18,19)20/h1,3-4,6,8-9,15,17H,5H2,(H,21,22)(H,23,24)(H,12,14,16)(H2,18,19,20)/t6-,8-,9-,11-/m1/s1. The molecular weight excluding hydrogens is 493 g/mol. The van der Waals surface area contributed by atoms with Gasteiger partial charge in [-0.15, -0.1) is 6.42 Å². The molecule has 1 aliphatic heterocycles. The average Bonchev–Trinajstić information content (AvgIpc) is 2.82. The topological polar surface area (TPSA) is 264 Å². The number of aliphatic hydroxyl groups excluding tert-OH is 1. The molecular formula is C11H15N2O15P3. The maximum Gasteiger partial charge on any atom is 0.490 e. The molecule has 1 aliphatic rings. The lowest BCUT2D eigenvalue weighted by molar-refractivity contribution is -0.0761. The lowest BCUT2D eigenvalue weighted by Gasteiger charge is -2.26. The SMILES string of the molecule is C#C[C@@]1(O)[C@H](O)[C@@H](COP(=O)(O)OP(=O)(O)OP(=O)(O)O)O[C@H]1n1ccc(=O)[nH]c1=O. The highest BCUT2D eigenvalue weighted by Crippen LogP contribution is 2.66. The fourth-order valence-corrected chi connectivity index (χ4v) is 5.45. The van der Waals surface area contributed by atoms with Crippen LogP contribution in [0.4, 0.5) is 0 Å². The number of aromatic amines is 1.